The standard InChI is InChI=1S/C24H23ClN2O5S/c1-15-7-10-19(11-8-15)32-16(2)23(28)26-18-9-12-22(21(25)14-18)27-24(29)17-5-4-6-20(13-17)33(3,30)31/h4-14,16H,1-3H3,(H,26,28)(H,27,29). The Balaban J connectivity index is 1.65. The number of carbonyl (C=O) groups excluding carboxylic acids is 2. The lowest BCUT2D eigenvalue weighted by Gasteiger charge is -2.15. The molecule has 1 unspecified atom stereocenters. The Labute approximate surface area is 197 Å². The summed E-state index contributed by atoms with van der Waals surface area (Å²) in [6.07, 6.45) is 0.327. The number of rotatable bonds is 7. The largest absolute Gasteiger partial charge is 0.481 e. The minimum atomic E-state index is -3.44. The smallest absolute Gasteiger partial charge is 0.265 e. The Kier molecular flexibility index (Phi) is 7.40. The second kappa shape index (κ2) is 10.1. The van der Waals surface area contributed by atoms with Crippen molar-refractivity contribution < 1.29 is 22.7 Å². The van der Waals surface area contributed by atoms with E-state index in [0.29, 0.717) is 17.1 Å². The van der Waals surface area contributed by atoms with Crippen LogP contribution in [0.15, 0.2) is 71.6 Å². The number of sulfone groups is 1. The molecule has 3 aromatic rings. The van der Waals surface area contributed by atoms with E-state index < -0.39 is 21.8 Å². The molecule has 3 rings (SSSR count). The molecule has 172 valence electrons. The molecule has 0 saturated carbocycles. The third-order valence-corrected chi connectivity index (χ3v) is 6.14. The molecule has 3 aromatic carbocycles. The van der Waals surface area contributed by atoms with Crippen molar-refractivity contribution in [3.63, 3.8) is 0 Å². The van der Waals surface area contributed by atoms with Gasteiger partial charge in [0.2, 0.25) is 0 Å². The molecule has 0 bridgehead atoms. The molecule has 0 spiro atoms. The summed E-state index contributed by atoms with van der Waals surface area (Å²) in [6, 6.07) is 17.7. The summed E-state index contributed by atoms with van der Waals surface area (Å²) in [6.45, 7) is 3.60. The normalized spacial score (nSPS) is 12.0. The summed E-state index contributed by atoms with van der Waals surface area (Å²) in [4.78, 5) is 25.0. The van der Waals surface area contributed by atoms with E-state index in [9.17, 15) is 18.0 Å². The highest BCUT2D eigenvalue weighted by atomic mass is 35.5. The number of nitrogens with one attached hydrogen (secondary N) is 2. The number of hydrogen-bond donors (Lipinski definition) is 2. The van der Waals surface area contributed by atoms with E-state index in [2.05, 4.69) is 10.6 Å². The van der Waals surface area contributed by atoms with Gasteiger partial charge in [-0.3, -0.25) is 9.59 Å². The van der Waals surface area contributed by atoms with E-state index in [1.54, 1.807) is 31.2 Å². The van der Waals surface area contributed by atoms with Crippen molar-refractivity contribution in [3.8, 4) is 5.75 Å². The van der Waals surface area contributed by atoms with Crippen molar-refractivity contribution in [2.75, 3.05) is 16.9 Å². The molecule has 0 radical (unpaired) electrons. The lowest BCUT2D eigenvalue weighted by Crippen LogP contribution is -2.30. The summed E-state index contributed by atoms with van der Waals surface area (Å²) in [5.41, 5.74) is 2.01. The number of ether oxygens (including phenoxy) is 1. The number of anilines is 2. The first kappa shape index (κ1) is 24.3. The number of hydrogen-bond acceptors (Lipinski definition) is 5. The monoisotopic (exact) mass is 486 g/mol. The number of halogens is 1. The van der Waals surface area contributed by atoms with Crippen LogP contribution in [0.25, 0.3) is 0 Å². The molecule has 0 saturated heterocycles. The van der Waals surface area contributed by atoms with Crippen LogP contribution in [0, 0.1) is 6.92 Å². The summed E-state index contributed by atoms with van der Waals surface area (Å²) < 4.78 is 29.1. The molecule has 2 N–H and O–H groups in total. The fraction of sp³-hybridized carbons (Fsp3) is 0.167. The minimum Gasteiger partial charge on any atom is -0.481 e. The van der Waals surface area contributed by atoms with Crippen LogP contribution in [0.4, 0.5) is 11.4 Å². The molecular formula is C24H23ClN2O5S. The lowest BCUT2D eigenvalue weighted by molar-refractivity contribution is -0.122. The Morgan fingerprint density at radius 2 is 1.67 bits per heavy atom. The van der Waals surface area contributed by atoms with Crippen LogP contribution in [-0.4, -0.2) is 32.6 Å². The van der Waals surface area contributed by atoms with Gasteiger partial charge in [-0.15, -0.1) is 0 Å². The SMILES string of the molecule is Cc1ccc(OC(C)C(=O)Nc2ccc(NC(=O)c3cccc(S(C)(=O)=O)c3)c(Cl)c2)cc1. The van der Waals surface area contributed by atoms with Crippen molar-refractivity contribution >= 4 is 44.6 Å². The first-order valence-electron chi connectivity index (χ1n) is 9.98. The highest BCUT2D eigenvalue weighted by Crippen LogP contribution is 2.26. The van der Waals surface area contributed by atoms with Crippen LogP contribution in [-0.2, 0) is 14.6 Å². The predicted octanol–water partition coefficient (Wildman–Crippen LogP) is 4.71. The molecule has 2 amide bonds. The van der Waals surface area contributed by atoms with E-state index in [1.165, 1.54) is 30.3 Å². The van der Waals surface area contributed by atoms with Gasteiger partial charge in [-0.05, 0) is 62.4 Å². The van der Waals surface area contributed by atoms with Crippen LogP contribution in [0.1, 0.15) is 22.8 Å². The molecular weight excluding hydrogens is 464 g/mol. The maximum absolute atomic E-state index is 12.5. The topological polar surface area (TPSA) is 102 Å². The molecule has 0 aliphatic carbocycles. The predicted molar refractivity (Wildman–Crippen MR) is 129 cm³/mol. The highest BCUT2D eigenvalue weighted by Gasteiger charge is 2.17. The van der Waals surface area contributed by atoms with Crippen LogP contribution in [0.3, 0.4) is 0 Å². The molecule has 9 heteroatoms. The van der Waals surface area contributed by atoms with Gasteiger partial charge in [-0.25, -0.2) is 8.42 Å². The van der Waals surface area contributed by atoms with Gasteiger partial charge in [0.15, 0.2) is 15.9 Å². The number of aryl methyl sites for hydroxylation is 1. The average Bonchev–Trinajstić information content (AvgIpc) is 2.76. The van der Waals surface area contributed by atoms with Gasteiger partial charge >= 0.3 is 0 Å². The maximum atomic E-state index is 12.5. The Morgan fingerprint density at radius 1 is 0.970 bits per heavy atom. The van der Waals surface area contributed by atoms with Gasteiger partial charge in [-0.1, -0.05) is 35.4 Å². The van der Waals surface area contributed by atoms with Crippen molar-refractivity contribution in [2.24, 2.45) is 0 Å². The fourth-order valence-corrected chi connectivity index (χ4v) is 3.77. The molecule has 0 aromatic heterocycles. The molecule has 0 fully saturated rings. The van der Waals surface area contributed by atoms with Crippen molar-refractivity contribution in [1.82, 2.24) is 0 Å². The molecule has 0 heterocycles. The average molecular weight is 487 g/mol. The van der Waals surface area contributed by atoms with Gasteiger partial charge in [-0.2, -0.15) is 0 Å². The summed E-state index contributed by atoms with van der Waals surface area (Å²) in [7, 11) is -3.44. The first-order valence-corrected chi connectivity index (χ1v) is 12.2. The Hall–Kier alpha value is -3.36. The van der Waals surface area contributed by atoms with Crippen molar-refractivity contribution in [2.45, 2.75) is 24.8 Å². The van der Waals surface area contributed by atoms with Gasteiger partial charge in [0, 0.05) is 17.5 Å². The lowest BCUT2D eigenvalue weighted by atomic mass is 10.2. The molecule has 0 aliphatic heterocycles. The molecule has 7 nitrogen and oxygen atoms in total. The zero-order chi connectivity index (χ0) is 24.2. The summed E-state index contributed by atoms with van der Waals surface area (Å²) in [5, 5.41) is 5.57. The van der Waals surface area contributed by atoms with Gasteiger partial charge in [0.25, 0.3) is 11.8 Å². The highest BCUT2D eigenvalue weighted by molar-refractivity contribution is 7.90. The second-order valence-corrected chi connectivity index (χ2v) is 9.93. The summed E-state index contributed by atoms with van der Waals surface area (Å²) in [5.74, 6) is -0.292. The van der Waals surface area contributed by atoms with Gasteiger partial charge in [0.05, 0.1) is 15.6 Å². The molecule has 1 atom stereocenters. The number of carbonyl (C=O) groups is 2. The molecule has 33 heavy (non-hydrogen) atoms. The van der Waals surface area contributed by atoms with Crippen LogP contribution in [0.5, 0.6) is 5.75 Å². The third kappa shape index (κ3) is 6.57. The van der Waals surface area contributed by atoms with E-state index in [0.717, 1.165) is 11.8 Å². The first-order chi connectivity index (χ1) is 15.5. The Bertz CT molecular complexity index is 1290. The minimum absolute atomic E-state index is 0.0429. The third-order valence-electron chi connectivity index (χ3n) is 4.71. The molecule has 0 aliphatic rings. The van der Waals surface area contributed by atoms with E-state index in [1.807, 2.05) is 19.1 Å². The number of benzene rings is 3. The number of amides is 2. The van der Waals surface area contributed by atoms with Gasteiger partial charge < -0.3 is 15.4 Å². The van der Waals surface area contributed by atoms with E-state index in [-0.39, 0.29) is 21.4 Å². The van der Waals surface area contributed by atoms with Crippen LogP contribution < -0.4 is 15.4 Å². The van der Waals surface area contributed by atoms with Crippen molar-refractivity contribution in [3.05, 3.63) is 82.9 Å². The van der Waals surface area contributed by atoms with Crippen LogP contribution >= 0.6 is 11.6 Å². The zero-order valence-corrected chi connectivity index (χ0v) is 19.8. The van der Waals surface area contributed by atoms with E-state index in [4.69, 9.17) is 16.3 Å². The second-order valence-electron chi connectivity index (χ2n) is 7.51. The fourth-order valence-electron chi connectivity index (χ4n) is 2.88. The Morgan fingerprint density at radius 3 is 2.30 bits per heavy atom. The quantitative estimate of drug-likeness (QED) is 0.503. The van der Waals surface area contributed by atoms with Crippen molar-refractivity contribution in [1.29, 1.82) is 0 Å². The van der Waals surface area contributed by atoms with Gasteiger partial charge in [0.1, 0.15) is 5.75 Å². The maximum Gasteiger partial charge on any atom is 0.265 e. The zero-order valence-electron chi connectivity index (χ0n) is 18.3. The van der Waals surface area contributed by atoms with Crippen LogP contribution in [0.2, 0.25) is 5.02 Å². The summed E-state index contributed by atoms with van der Waals surface area (Å²) >= 11 is 6.28. The van der Waals surface area contributed by atoms with E-state index >= 15 is 0 Å².